The molecule has 1 aliphatic heterocycles. The summed E-state index contributed by atoms with van der Waals surface area (Å²) in [6.45, 7) is 6.32. The van der Waals surface area contributed by atoms with Gasteiger partial charge in [0.1, 0.15) is 0 Å². The fourth-order valence-electron chi connectivity index (χ4n) is 4.36. The zero-order valence-corrected chi connectivity index (χ0v) is 21.7. The predicted octanol–water partition coefficient (Wildman–Crippen LogP) is 4.99. The molecule has 2 aliphatic rings. The highest BCUT2D eigenvalue weighted by Crippen LogP contribution is 2.33. The second kappa shape index (κ2) is 14.2. The lowest BCUT2D eigenvalue weighted by atomic mass is 10.0. The summed E-state index contributed by atoms with van der Waals surface area (Å²) in [7, 11) is 0. The summed E-state index contributed by atoms with van der Waals surface area (Å²) in [6, 6.07) is 4.94. The molecule has 2 aromatic rings. The summed E-state index contributed by atoms with van der Waals surface area (Å²) in [5, 5.41) is 11.3. The van der Waals surface area contributed by atoms with Gasteiger partial charge in [-0.1, -0.05) is 38.8 Å². The molecule has 1 saturated heterocycles. The highest BCUT2D eigenvalue weighted by molar-refractivity contribution is 5.98. The van der Waals surface area contributed by atoms with E-state index in [9.17, 15) is 22.8 Å². The molecule has 206 valence electrons. The standard InChI is InChI=1S/C20H22F3N3O3.C5H10O.C2H6/c1-12-13(3-2-4-16(12)20(21,22)23)10-25-19(28)15-11-26(18(27)9-17(15)24)14-5-7-29-8-6-14;6-5-3-1-2-4-5;1-2/h2-4,9,11,14H,5-8,10,24H2,1H3,(H,25,28);5-6H,1-4H2;1-2H3. The van der Waals surface area contributed by atoms with Gasteiger partial charge in [-0.15, -0.1) is 0 Å². The van der Waals surface area contributed by atoms with E-state index in [1.54, 1.807) is 0 Å². The van der Waals surface area contributed by atoms with Gasteiger partial charge in [-0.2, -0.15) is 13.2 Å². The van der Waals surface area contributed by atoms with Crippen LogP contribution in [0.3, 0.4) is 0 Å². The van der Waals surface area contributed by atoms with Crippen LogP contribution >= 0.6 is 0 Å². The average molecular weight is 526 g/mol. The number of ether oxygens (including phenoxy) is 1. The third-order valence-electron chi connectivity index (χ3n) is 6.46. The number of rotatable bonds is 4. The Morgan fingerprint density at radius 1 is 1.16 bits per heavy atom. The zero-order valence-electron chi connectivity index (χ0n) is 21.7. The van der Waals surface area contributed by atoms with Gasteiger partial charge in [0.05, 0.1) is 22.9 Å². The van der Waals surface area contributed by atoms with Crippen LogP contribution in [0.15, 0.2) is 35.3 Å². The average Bonchev–Trinajstić information content (AvgIpc) is 3.35. The minimum Gasteiger partial charge on any atom is -0.398 e. The number of hydrogen-bond donors (Lipinski definition) is 3. The molecule has 1 aliphatic carbocycles. The van der Waals surface area contributed by atoms with Crippen LogP contribution in [0, 0.1) is 6.92 Å². The normalized spacial score (nSPS) is 16.3. The minimum absolute atomic E-state index is 0.0246. The van der Waals surface area contributed by atoms with Crippen molar-refractivity contribution in [1.82, 2.24) is 9.88 Å². The maximum Gasteiger partial charge on any atom is 0.416 e. The van der Waals surface area contributed by atoms with E-state index in [0.717, 1.165) is 18.9 Å². The third-order valence-corrected chi connectivity index (χ3v) is 6.46. The summed E-state index contributed by atoms with van der Waals surface area (Å²) < 4.78 is 45.9. The molecule has 4 rings (SSSR count). The second-order valence-electron chi connectivity index (χ2n) is 8.94. The minimum atomic E-state index is -4.46. The zero-order chi connectivity index (χ0) is 27.6. The number of hydrogen-bond acceptors (Lipinski definition) is 5. The van der Waals surface area contributed by atoms with Gasteiger partial charge >= 0.3 is 6.18 Å². The van der Waals surface area contributed by atoms with E-state index in [-0.39, 0.29) is 41.1 Å². The molecular formula is C27H38F3N3O4. The van der Waals surface area contributed by atoms with Crippen LogP contribution in [-0.4, -0.2) is 34.9 Å². The molecule has 2 heterocycles. The highest BCUT2D eigenvalue weighted by atomic mass is 19.4. The van der Waals surface area contributed by atoms with Gasteiger partial charge in [-0.3, -0.25) is 9.59 Å². The van der Waals surface area contributed by atoms with Crippen molar-refractivity contribution >= 4 is 11.6 Å². The quantitative estimate of drug-likeness (QED) is 0.522. The molecule has 1 saturated carbocycles. The molecule has 2 fully saturated rings. The van der Waals surface area contributed by atoms with Crippen LogP contribution < -0.4 is 16.6 Å². The van der Waals surface area contributed by atoms with Crippen LogP contribution in [0.2, 0.25) is 0 Å². The summed E-state index contributed by atoms with van der Waals surface area (Å²) >= 11 is 0. The number of halogens is 3. The second-order valence-corrected chi connectivity index (χ2v) is 8.94. The lowest BCUT2D eigenvalue weighted by Crippen LogP contribution is -2.32. The first-order valence-electron chi connectivity index (χ1n) is 12.8. The Morgan fingerprint density at radius 2 is 1.78 bits per heavy atom. The highest BCUT2D eigenvalue weighted by Gasteiger charge is 2.32. The number of alkyl halides is 3. The number of benzene rings is 1. The Hall–Kier alpha value is -2.85. The molecule has 37 heavy (non-hydrogen) atoms. The number of aliphatic hydroxyl groups is 1. The lowest BCUT2D eigenvalue weighted by molar-refractivity contribution is -0.138. The molecule has 4 N–H and O–H groups in total. The van der Waals surface area contributed by atoms with Crippen LogP contribution in [0.1, 0.15) is 85.5 Å². The fraction of sp³-hybridized carbons (Fsp3) is 0.556. The van der Waals surface area contributed by atoms with Crippen molar-refractivity contribution in [2.24, 2.45) is 0 Å². The summed E-state index contributed by atoms with van der Waals surface area (Å²) in [5.74, 6) is -0.555. The fourth-order valence-corrected chi connectivity index (χ4v) is 4.36. The number of carbonyl (C=O) groups excluding carboxylic acids is 1. The molecule has 10 heteroatoms. The summed E-state index contributed by atoms with van der Waals surface area (Å²) in [6.07, 6.45) is 2.85. The van der Waals surface area contributed by atoms with Crippen molar-refractivity contribution in [2.45, 2.75) is 84.2 Å². The van der Waals surface area contributed by atoms with Gasteiger partial charge in [0, 0.05) is 38.1 Å². The van der Waals surface area contributed by atoms with Crippen LogP contribution in [-0.2, 0) is 17.5 Å². The van der Waals surface area contributed by atoms with Crippen LogP contribution in [0.25, 0.3) is 0 Å². The first-order valence-corrected chi connectivity index (χ1v) is 12.8. The Morgan fingerprint density at radius 3 is 2.32 bits per heavy atom. The van der Waals surface area contributed by atoms with Gasteiger partial charge in [-0.25, -0.2) is 0 Å². The van der Waals surface area contributed by atoms with E-state index in [1.807, 2.05) is 13.8 Å². The van der Waals surface area contributed by atoms with E-state index >= 15 is 0 Å². The number of nitrogen functional groups attached to an aromatic ring is 1. The van der Waals surface area contributed by atoms with E-state index in [4.69, 9.17) is 15.6 Å². The Labute approximate surface area is 215 Å². The molecule has 1 aromatic heterocycles. The molecule has 0 radical (unpaired) electrons. The van der Waals surface area contributed by atoms with Crippen molar-refractivity contribution in [3.05, 3.63) is 63.1 Å². The maximum atomic E-state index is 13.1. The lowest BCUT2D eigenvalue weighted by Gasteiger charge is -2.25. The van der Waals surface area contributed by atoms with Gasteiger partial charge < -0.3 is 25.5 Å². The van der Waals surface area contributed by atoms with Gasteiger partial charge in [0.15, 0.2) is 0 Å². The molecule has 0 bridgehead atoms. The number of anilines is 1. The Bertz CT molecular complexity index is 1070. The topological polar surface area (TPSA) is 107 Å². The first kappa shape index (κ1) is 30.4. The Balaban J connectivity index is 0.000000519. The monoisotopic (exact) mass is 525 g/mol. The van der Waals surface area contributed by atoms with E-state index in [1.165, 1.54) is 48.7 Å². The first-order chi connectivity index (χ1) is 17.6. The molecule has 0 spiro atoms. The van der Waals surface area contributed by atoms with E-state index in [0.29, 0.717) is 31.6 Å². The molecule has 0 atom stereocenters. The number of carbonyl (C=O) groups is 1. The van der Waals surface area contributed by atoms with Crippen molar-refractivity contribution in [3.8, 4) is 0 Å². The largest absolute Gasteiger partial charge is 0.416 e. The number of aromatic nitrogens is 1. The smallest absolute Gasteiger partial charge is 0.398 e. The number of pyridine rings is 1. The predicted molar refractivity (Wildman–Crippen MR) is 137 cm³/mol. The molecule has 0 unspecified atom stereocenters. The van der Waals surface area contributed by atoms with E-state index < -0.39 is 17.6 Å². The van der Waals surface area contributed by atoms with Crippen molar-refractivity contribution < 1.29 is 27.8 Å². The SMILES string of the molecule is CC.Cc1c(CNC(=O)c2cn(C3CCOCC3)c(=O)cc2N)cccc1C(F)(F)F.OC1CCCC1. The van der Waals surface area contributed by atoms with Crippen molar-refractivity contribution in [2.75, 3.05) is 18.9 Å². The van der Waals surface area contributed by atoms with Crippen molar-refractivity contribution in [3.63, 3.8) is 0 Å². The van der Waals surface area contributed by atoms with Crippen LogP contribution in [0.5, 0.6) is 0 Å². The van der Waals surface area contributed by atoms with Gasteiger partial charge in [0.25, 0.3) is 11.5 Å². The van der Waals surface area contributed by atoms with Gasteiger partial charge in [-0.05, 0) is 49.8 Å². The molecule has 1 amide bonds. The molecule has 7 nitrogen and oxygen atoms in total. The number of nitrogens with zero attached hydrogens (tertiary/aromatic N) is 1. The third kappa shape index (κ3) is 8.60. The van der Waals surface area contributed by atoms with Crippen molar-refractivity contribution in [1.29, 1.82) is 0 Å². The molecular weight excluding hydrogens is 487 g/mol. The number of nitrogens with one attached hydrogen (secondary N) is 1. The molecule has 1 aromatic carbocycles. The summed E-state index contributed by atoms with van der Waals surface area (Å²) in [4.78, 5) is 24.9. The number of nitrogens with two attached hydrogens (primary N) is 1. The van der Waals surface area contributed by atoms with E-state index in [2.05, 4.69) is 5.32 Å². The number of aliphatic hydroxyl groups excluding tert-OH is 1. The number of amides is 1. The maximum absolute atomic E-state index is 13.1. The van der Waals surface area contributed by atoms with Gasteiger partial charge in [0.2, 0.25) is 0 Å². The Kier molecular flexibility index (Phi) is 11.6. The van der Waals surface area contributed by atoms with Crippen LogP contribution in [0.4, 0.5) is 18.9 Å². The summed E-state index contributed by atoms with van der Waals surface area (Å²) in [5.41, 5.74) is 5.35.